The Bertz CT molecular complexity index is 776. The third-order valence-corrected chi connectivity index (χ3v) is 4.26. The van der Waals surface area contributed by atoms with E-state index < -0.39 is 0 Å². The SMILES string of the molecule is ClCc1cc(OCc2ccccc2Br)c2ccccc2n1. The lowest BCUT2D eigenvalue weighted by molar-refractivity contribution is 0.309. The van der Waals surface area contributed by atoms with Crippen molar-refractivity contribution in [2.45, 2.75) is 12.5 Å². The van der Waals surface area contributed by atoms with Crippen LogP contribution < -0.4 is 4.74 Å². The second-order valence-corrected chi connectivity index (χ2v) is 5.76. The average molecular weight is 363 g/mol. The van der Waals surface area contributed by atoms with Crippen LogP contribution in [0.1, 0.15) is 11.3 Å². The number of nitrogens with zero attached hydrogens (tertiary/aromatic N) is 1. The van der Waals surface area contributed by atoms with Crippen LogP contribution in [0.15, 0.2) is 59.1 Å². The molecule has 0 aliphatic carbocycles. The van der Waals surface area contributed by atoms with E-state index in [9.17, 15) is 0 Å². The summed E-state index contributed by atoms with van der Waals surface area (Å²) in [5.74, 6) is 1.18. The highest BCUT2D eigenvalue weighted by Gasteiger charge is 2.07. The van der Waals surface area contributed by atoms with Crippen LogP contribution in [0.4, 0.5) is 0 Å². The molecular weight excluding hydrogens is 350 g/mol. The van der Waals surface area contributed by atoms with Crippen molar-refractivity contribution < 1.29 is 4.74 Å². The van der Waals surface area contributed by atoms with E-state index in [0.717, 1.165) is 32.4 Å². The van der Waals surface area contributed by atoms with Crippen molar-refractivity contribution in [2.75, 3.05) is 0 Å². The minimum absolute atomic E-state index is 0.371. The molecule has 21 heavy (non-hydrogen) atoms. The fourth-order valence-electron chi connectivity index (χ4n) is 2.15. The Morgan fingerprint density at radius 1 is 1.05 bits per heavy atom. The summed E-state index contributed by atoms with van der Waals surface area (Å²) in [6.07, 6.45) is 0. The average Bonchev–Trinajstić information content (AvgIpc) is 2.53. The first kappa shape index (κ1) is 14.4. The number of pyridine rings is 1. The van der Waals surface area contributed by atoms with E-state index in [0.29, 0.717) is 12.5 Å². The normalized spacial score (nSPS) is 10.8. The fourth-order valence-corrected chi connectivity index (χ4v) is 2.69. The smallest absolute Gasteiger partial charge is 0.131 e. The summed E-state index contributed by atoms with van der Waals surface area (Å²) in [7, 11) is 0. The summed E-state index contributed by atoms with van der Waals surface area (Å²) >= 11 is 9.45. The van der Waals surface area contributed by atoms with Gasteiger partial charge in [0.15, 0.2) is 0 Å². The maximum Gasteiger partial charge on any atom is 0.131 e. The maximum atomic E-state index is 6.00. The van der Waals surface area contributed by atoms with E-state index in [1.54, 1.807) is 0 Å². The van der Waals surface area contributed by atoms with Crippen molar-refractivity contribution in [1.82, 2.24) is 4.98 Å². The molecule has 1 heterocycles. The number of alkyl halides is 1. The highest BCUT2D eigenvalue weighted by Crippen LogP contribution is 2.27. The number of rotatable bonds is 4. The molecule has 0 amide bonds. The zero-order chi connectivity index (χ0) is 14.7. The van der Waals surface area contributed by atoms with Gasteiger partial charge in [-0.1, -0.05) is 46.3 Å². The van der Waals surface area contributed by atoms with Gasteiger partial charge in [0.05, 0.1) is 17.1 Å². The molecule has 0 unspecified atom stereocenters. The quantitative estimate of drug-likeness (QED) is 0.586. The summed E-state index contributed by atoms with van der Waals surface area (Å²) in [4.78, 5) is 4.51. The van der Waals surface area contributed by atoms with Crippen LogP contribution in [-0.2, 0) is 12.5 Å². The van der Waals surface area contributed by atoms with E-state index in [1.807, 2.05) is 54.6 Å². The topological polar surface area (TPSA) is 22.1 Å². The number of halogens is 2. The van der Waals surface area contributed by atoms with E-state index in [-0.39, 0.29) is 0 Å². The standard InChI is InChI=1S/C17H13BrClNO/c18-15-7-3-1-5-12(15)11-21-17-9-13(10-19)20-16-8-4-2-6-14(16)17/h1-9H,10-11H2. The van der Waals surface area contributed by atoms with Crippen LogP contribution in [0.2, 0.25) is 0 Å². The predicted molar refractivity (Wildman–Crippen MR) is 89.8 cm³/mol. The molecule has 0 bridgehead atoms. The van der Waals surface area contributed by atoms with Crippen LogP contribution in [-0.4, -0.2) is 4.98 Å². The Hall–Kier alpha value is -1.58. The van der Waals surface area contributed by atoms with Crippen LogP contribution in [0.25, 0.3) is 10.9 Å². The molecule has 2 aromatic carbocycles. The Morgan fingerprint density at radius 2 is 1.81 bits per heavy atom. The van der Waals surface area contributed by atoms with Gasteiger partial charge in [-0.25, -0.2) is 0 Å². The summed E-state index contributed by atoms with van der Waals surface area (Å²) < 4.78 is 7.04. The molecule has 3 aromatic rings. The lowest BCUT2D eigenvalue weighted by Gasteiger charge is -2.11. The molecule has 2 nitrogen and oxygen atoms in total. The third-order valence-electron chi connectivity index (χ3n) is 3.21. The molecule has 3 rings (SSSR count). The van der Waals surface area contributed by atoms with Gasteiger partial charge in [-0.15, -0.1) is 11.6 Å². The number of hydrogen-bond donors (Lipinski definition) is 0. The molecule has 0 N–H and O–H groups in total. The van der Waals surface area contributed by atoms with Crippen molar-refractivity contribution in [2.24, 2.45) is 0 Å². The first-order valence-corrected chi connectivity index (χ1v) is 7.91. The van der Waals surface area contributed by atoms with Gasteiger partial charge in [-0.2, -0.15) is 0 Å². The van der Waals surface area contributed by atoms with Crippen molar-refractivity contribution in [3.05, 3.63) is 70.3 Å². The van der Waals surface area contributed by atoms with Gasteiger partial charge in [-0.3, -0.25) is 4.98 Å². The maximum absolute atomic E-state index is 6.00. The molecule has 0 saturated heterocycles. The molecule has 106 valence electrons. The highest BCUT2D eigenvalue weighted by molar-refractivity contribution is 9.10. The third kappa shape index (κ3) is 3.20. The number of fused-ring (bicyclic) bond motifs is 1. The number of ether oxygens (including phenoxy) is 1. The van der Waals surface area contributed by atoms with Gasteiger partial charge in [-0.05, 0) is 18.2 Å². The first-order valence-electron chi connectivity index (χ1n) is 6.59. The van der Waals surface area contributed by atoms with Gasteiger partial charge in [0.2, 0.25) is 0 Å². The van der Waals surface area contributed by atoms with Crippen molar-refractivity contribution >= 4 is 38.4 Å². The second-order valence-electron chi connectivity index (χ2n) is 4.64. The number of para-hydroxylation sites is 1. The minimum atomic E-state index is 0.371. The van der Waals surface area contributed by atoms with Gasteiger partial charge in [0.1, 0.15) is 12.4 Å². The van der Waals surface area contributed by atoms with Crippen molar-refractivity contribution in [1.29, 1.82) is 0 Å². The zero-order valence-electron chi connectivity index (χ0n) is 11.2. The lowest BCUT2D eigenvalue weighted by Crippen LogP contribution is -1.99. The molecule has 0 aliphatic heterocycles. The summed E-state index contributed by atoms with van der Waals surface area (Å²) in [6, 6.07) is 17.9. The summed E-state index contributed by atoms with van der Waals surface area (Å²) in [5.41, 5.74) is 2.82. The molecule has 0 radical (unpaired) electrons. The summed E-state index contributed by atoms with van der Waals surface area (Å²) in [5, 5.41) is 0.999. The van der Waals surface area contributed by atoms with Crippen LogP contribution in [0.5, 0.6) is 5.75 Å². The Kier molecular flexibility index (Phi) is 4.42. The van der Waals surface area contributed by atoms with E-state index >= 15 is 0 Å². The van der Waals surface area contributed by atoms with Crippen LogP contribution >= 0.6 is 27.5 Å². The second kappa shape index (κ2) is 6.46. The number of aromatic nitrogens is 1. The zero-order valence-corrected chi connectivity index (χ0v) is 13.6. The number of benzene rings is 2. The fraction of sp³-hybridized carbons (Fsp3) is 0.118. The number of hydrogen-bond acceptors (Lipinski definition) is 2. The van der Waals surface area contributed by atoms with Crippen LogP contribution in [0, 0.1) is 0 Å². The summed E-state index contributed by atoms with van der Waals surface area (Å²) in [6.45, 7) is 0.497. The Morgan fingerprint density at radius 3 is 2.62 bits per heavy atom. The molecule has 4 heteroatoms. The Labute approximate surface area is 136 Å². The van der Waals surface area contributed by atoms with Gasteiger partial charge in [0.25, 0.3) is 0 Å². The molecule has 0 fully saturated rings. The molecule has 0 aliphatic rings. The molecule has 0 spiro atoms. The highest BCUT2D eigenvalue weighted by atomic mass is 79.9. The van der Waals surface area contributed by atoms with E-state index in [4.69, 9.17) is 16.3 Å². The van der Waals surface area contributed by atoms with Crippen LogP contribution in [0.3, 0.4) is 0 Å². The van der Waals surface area contributed by atoms with E-state index in [2.05, 4.69) is 20.9 Å². The van der Waals surface area contributed by atoms with Gasteiger partial charge in [0, 0.05) is 21.5 Å². The van der Waals surface area contributed by atoms with Crippen molar-refractivity contribution in [3.8, 4) is 5.75 Å². The molecule has 0 saturated carbocycles. The lowest BCUT2D eigenvalue weighted by atomic mass is 10.2. The van der Waals surface area contributed by atoms with Crippen molar-refractivity contribution in [3.63, 3.8) is 0 Å². The molecule has 0 atom stereocenters. The van der Waals surface area contributed by atoms with Gasteiger partial charge >= 0.3 is 0 Å². The predicted octanol–water partition coefficient (Wildman–Crippen LogP) is 5.32. The molecule has 1 aromatic heterocycles. The first-order chi connectivity index (χ1) is 10.3. The van der Waals surface area contributed by atoms with Gasteiger partial charge < -0.3 is 4.74 Å². The minimum Gasteiger partial charge on any atom is -0.488 e. The Balaban J connectivity index is 1.94. The van der Waals surface area contributed by atoms with E-state index in [1.165, 1.54) is 0 Å². The molecular formula is C17H13BrClNO. The monoisotopic (exact) mass is 361 g/mol. The largest absolute Gasteiger partial charge is 0.488 e.